The van der Waals surface area contributed by atoms with E-state index in [9.17, 15) is 4.39 Å². The molecule has 0 aliphatic rings. The highest BCUT2D eigenvalue weighted by atomic mass is 19.1. The predicted octanol–water partition coefficient (Wildman–Crippen LogP) is 0.398. The van der Waals surface area contributed by atoms with Crippen molar-refractivity contribution in [2.45, 2.75) is 13.3 Å². The maximum Gasteiger partial charge on any atom is 0.227 e. The van der Waals surface area contributed by atoms with Crippen molar-refractivity contribution >= 4 is 11.9 Å². The van der Waals surface area contributed by atoms with Crippen LogP contribution in [0.5, 0.6) is 0 Å². The monoisotopic (exact) mass is 185 g/mol. The van der Waals surface area contributed by atoms with Crippen LogP contribution < -0.4 is 11.1 Å². The molecule has 1 aromatic rings. The third-order valence-electron chi connectivity index (χ3n) is 1.39. The zero-order chi connectivity index (χ0) is 9.68. The van der Waals surface area contributed by atoms with Crippen LogP contribution in [0.3, 0.4) is 0 Å². The Morgan fingerprint density at radius 1 is 1.38 bits per heavy atom. The molecule has 0 aliphatic carbocycles. The van der Waals surface area contributed by atoms with Crippen LogP contribution in [0.2, 0.25) is 0 Å². The molecule has 1 aromatic heterocycles. The third kappa shape index (κ3) is 2.81. The van der Waals surface area contributed by atoms with E-state index >= 15 is 0 Å². The normalized spacial score (nSPS) is 10.0. The molecule has 13 heavy (non-hydrogen) atoms. The van der Waals surface area contributed by atoms with Gasteiger partial charge >= 0.3 is 0 Å². The second-order valence-electron chi connectivity index (χ2n) is 2.40. The van der Waals surface area contributed by atoms with Crippen molar-refractivity contribution in [3.05, 3.63) is 5.82 Å². The van der Waals surface area contributed by atoms with E-state index in [1.54, 1.807) is 0 Å². The molecule has 72 valence electrons. The van der Waals surface area contributed by atoms with Crippen molar-refractivity contribution in [3.8, 4) is 0 Å². The molecule has 3 N–H and O–H groups in total. The van der Waals surface area contributed by atoms with Gasteiger partial charge in [0.05, 0.1) is 0 Å². The fourth-order valence-corrected chi connectivity index (χ4v) is 0.834. The lowest BCUT2D eigenvalue weighted by Crippen LogP contribution is -2.11. The minimum Gasteiger partial charge on any atom is -0.368 e. The fourth-order valence-electron chi connectivity index (χ4n) is 0.834. The number of alkyl halides is 1. The average molecular weight is 185 g/mol. The van der Waals surface area contributed by atoms with Gasteiger partial charge in [-0.25, -0.2) is 4.39 Å². The van der Waals surface area contributed by atoms with Crippen LogP contribution >= 0.6 is 0 Å². The summed E-state index contributed by atoms with van der Waals surface area (Å²) in [6, 6.07) is 0. The summed E-state index contributed by atoms with van der Waals surface area (Å²) >= 11 is 0. The van der Waals surface area contributed by atoms with Crippen LogP contribution in [-0.2, 0) is 6.42 Å². The number of aromatic nitrogens is 3. The summed E-state index contributed by atoms with van der Waals surface area (Å²) in [7, 11) is 0. The van der Waals surface area contributed by atoms with Crippen LogP contribution in [0.25, 0.3) is 0 Å². The lowest BCUT2D eigenvalue weighted by atomic mass is 10.4. The number of nitrogens with zero attached hydrogens (tertiary/aromatic N) is 3. The maximum absolute atomic E-state index is 11.8. The molecule has 0 saturated heterocycles. The Labute approximate surface area is 75.6 Å². The van der Waals surface area contributed by atoms with Gasteiger partial charge in [-0.3, -0.25) is 0 Å². The molecule has 1 heterocycles. The van der Waals surface area contributed by atoms with Gasteiger partial charge < -0.3 is 11.1 Å². The van der Waals surface area contributed by atoms with Crippen molar-refractivity contribution in [1.29, 1.82) is 0 Å². The Hall–Kier alpha value is -1.46. The molecule has 1 rings (SSSR count). The van der Waals surface area contributed by atoms with E-state index in [1.807, 2.05) is 6.92 Å². The van der Waals surface area contributed by atoms with Gasteiger partial charge in [0.15, 0.2) is 0 Å². The van der Waals surface area contributed by atoms with Crippen LogP contribution in [0.15, 0.2) is 0 Å². The first-order valence-electron chi connectivity index (χ1n) is 4.06. The van der Waals surface area contributed by atoms with Crippen molar-refractivity contribution in [1.82, 2.24) is 15.0 Å². The zero-order valence-electron chi connectivity index (χ0n) is 7.42. The molecule has 0 spiro atoms. The summed E-state index contributed by atoms with van der Waals surface area (Å²) in [6.07, 6.45) is 0.678. The van der Waals surface area contributed by atoms with Crippen LogP contribution in [0.1, 0.15) is 12.7 Å². The topological polar surface area (TPSA) is 76.7 Å². The van der Waals surface area contributed by atoms with Gasteiger partial charge in [-0.2, -0.15) is 15.0 Å². The molecule has 0 unspecified atom stereocenters. The number of aryl methyl sites for hydroxylation is 1. The van der Waals surface area contributed by atoms with Gasteiger partial charge in [0.2, 0.25) is 11.9 Å². The maximum atomic E-state index is 11.8. The van der Waals surface area contributed by atoms with Crippen molar-refractivity contribution in [2.75, 3.05) is 24.3 Å². The molecular formula is C7H12FN5. The second kappa shape index (κ2) is 4.54. The van der Waals surface area contributed by atoms with E-state index in [4.69, 9.17) is 5.73 Å². The number of halogens is 1. The van der Waals surface area contributed by atoms with Crippen molar-refractivity contribution in [3.63, 3.8) is 0 Å². The third-order valence-corrected chi connectivity index (χ3v) is 1.39. The van der Waals surface area contributed by atoms with Crippen LogP contribution in [0.4, 0.5) is 16.3 Å². The number of nitrogens with one attached hydrogen (secondary N) is 1. The van der Waals surface area contributed by atoms with E-state index in [-0.39, 0.29) is 12.5 Å². The second-order valence-corrected chi connectivity index (χ2v) is 2.40. The summed E-state index contributed by atoms with van der Waals surface area (Å²) in [6.45, 7) is 1.63. The first kappa shape index (κ1) is 9.63. The number of hydrogen-bond acceptors (Lipinski definition) is 5. The molecule has 0 saturated carbocycles. The molecule has 0 atom stereocenters. The summed E-state index contributed by atoms with van der Waals surface area (Å²) < 4.78 is 11.8. The van der Waals surface area contributed by atoms with Gasteiger partial charge in [0.25, 0.3) is 0 Å². The van der Waals surface area contributed by atoms with Gasteiger partial charge in [-0.05, 0) is 0 Å². The lowest BCUT2D eigenvalue weighted by molar-refractivity contribution is 0.511. The Bertz CT molecular complexity index is 278. The molecule has 5 nitrogen and oxygen atoms in total. The molecule has 0 bridgehead atoms. The minimum atomic E-state index is -0.465. The fraction of sp³-hybridized carbons (Fsp3) is 0.571. The minimum absolute atomic E-state index is 0.160. The van der Waals surface area contributed by atoms with Crippen LogP contribution in [0, 0.1) is 0 Å². The van der Waals surface area contributed by atoms with E-state index in [0.29, 0.717) is 18.2 Å². The van der Waals surface area contributed by atoms with E-state index in [0.717, 1.165) is 0 Å². The van der Waals surface area contributed by atoms with Gasteiger partial charge in [0.1, 0.15) is 12.5 Å². The molecular weight excluding hydrogens is 173 g/mol. The molecule has 0 radical (unpaired) electrons. The Balaban J connectivity index is 2.76. The summed E-state index contributed by atoms with van der Waals surface area (Å²) in [5.74, 6) is 1.10. The van der Waals surface area contributed by atoms with Gasteiger partial charge in [0, 0.05) is 13.0 Å². The highest BCUT2D eigenvalue weighted by Crippen LogP contribution is 2.02. The number of rotatable bonds is 4. The smallest absolute Gasteiger partial charge is 0.227 e. The molecule has 0 aromatic carbocycles. The highest BCUT2D eigenvalue weighted by molar-refractivity contribution is 5.30. The molecule has 0 amide bonds. The molecule has 6 heteroatoms. The van der Waals surface area contributed by atoms with E-state index in [2.05, 4.69) is 20.3 Å². The lowest BCUT2D eigenvalue weighted by Gasteiger charge is -2.03. The van der Waals surface area contributed by atoms with E-state index in [1.165, 1.54) is 0 Å². The molecule has 0 aliphatic heterocycles. The highest BCUT2D eigenvalue weighted by Gasteiger charge is 2.01. The van der Waals surface area contributed by atoms with E-state index < -0.39 is 6.67 Å². The summed E-state index contributed by atoms with van der Waals surface area (Å²) in [5, 5.41) is 2.69. The Morgan fingerprint density at radius 3 is 2.77 bits per heavy atom. The first-order chi connectivity index (χ1) is 6.26. The summed E-state index contributed by atoms with van der Waals surface area (Å²) in [4.78, 5) is 11.7. The number of nitrogen functional groups attached to an aromatic ring is 1. The SMILES string of the molecule is CCc1nc(N)nc(NCCF)n1. The number of hydrogen-bond donors (Lipinski definition) is 2. The standard InChI is InChI=1S/C7H12FN5/c1-2-5-11-6(9)13-7(12-5)10-4-3-8/h2-4H2,1H3,(H3,9,10,11,12,13). The van der Waals surface area contributed by atoms with Crippen LogP contribution in [-0.4, -0.2) is 28.2 Å². The van der Waals surface area contributed by atoms with Crippen molar-refractivity contribution in [2.24, 2.45) is 0 Å². The number of anilines is 2. The van der Waals surface area contributed by atoms with Gasteiger partial charge in [-0.1, -0.05) is 6.92 Å². The largest absolute Gasteiger partial charge is 0.368 e. The van der Waals surface area contributed by atoms with Gasteiger partial charge in [-0.15, -0.1) is 0 Å². The average Bonchev–Trinajstić information content (AvgIpc) is 2.14. The molecule has 0 fully saturated rings. The zero-order valence-corrected chi connectivity index (χ0v) is 7.42. The predicted molar refractivity (Wildman–Crippen MR) is 48.1 cm³/mol. The quantitative estimate of drug-likeness (QED) is 0.709. The summed E-state index contributed by atoms with van der Waals surface area (Å²) in [5.41, 5.74) is 5.41. The number of nitrogens with two attached hydrogens (primary N) is 1. The Kier molecular flexibility index (Phi) is 3.36. The first-order valence-corrected chi connectivity index (χ1v) is 4.06. The van der Waals surface area contributed by atoms with Crippen molar-refractivity contribution < 1.29 is 4.39 Å². The Morgan fingerprint density at radius 2 is 2.15 bits per heavy atom.